The van der Waals surface area contributed by atoms with E-state index in [1.165, 1.54) is 4.90 Å². The lowest BCUT2D eigenvalue weighted by Gasteiger charge is -2.35. The second-order valence-electron chi connectivity index (χ2n) is 18.9. The summed E-state index contributed by atoms with van der Waals surface area (Å²) in [5.41, 5.74) is 8.25. The Labute approximate surface area is 425 Å². The lowest BCUT2D eigenvalue weighted by molar-refractivity contribution is -0.144. The van der Waals surface area contributed by atoms with Crippen LogP contribution in [0.25, 0.3) is 15.4 Å². The molecule has 0 bridgehead atoms. The van der Waals surface area contributed by atoms with Gasteiger partial charge in [0.1, 0.15) is 41.3 Å². The lowest BCUT2D eigenvalue weighted by Crippen LogP contribution is -2.58. The number of rotatable bonds is 17. The number of thiazole rings is 1. The van der Waals surface area contributed by atoms with E-state index in [1.54, 1.807) is 46.9 Å². The molecule has 0 spiro atoms. The maximum absolute atomic E-state index is 14.1. The molecule has 0 saturated carbocycles. The molecule has 6 aromatic rings. The first-order valence-electron chi connectivity index (χ1n) is 23.5. The third-order valence-corrected chi connectivity index (χ3v) is 14.9. The molecule has 4 N–H and O–H groups in total. The monoisotopic (exact) mass is 1020 g/mol. The van der Waals surface area contributed by atoms with Crippen LogP contribution in [0.2, 0.25) is 5.02 Å². The summed E-state index contributed by atoms with van der Waals surface area (Å²) in [6.45, 7) is 13.9. The molecule has 0 radical (unpaired) electrons. The standard InChI is InChI=1S/C52H58ClN9O7S2/c1-29-31(3)71-51-44(29)45(34-16-18-36(53)19-17-34)57-40(48-60-59-32(4)62(48)51)24-42(64)56-37-10-8-11-39(22-37)69-21-9-20-68-27-43(65)58-47(52(5,6)7)50(67)61-26-38(63)23-41(61)49(66)54-25-33-12-14-35(15-13-33)46-30(2)55-28-70-46/h8,10-19,22,28,38,40-41,47,63H,9,20-21,23-27H2,1-7H3,(H,54,66)(H,56,64)(H,58,65)/t38-,40+,41+,47?/m1/s1. The van der Waals surface area contributed by atoms with E-state index in [1.807, 2.05) is 93.2 Å². The smallest absolute Gasteiger partial charge is 0.246 e. The van der Waals surface area contributed by atoms with Gasteiger partial charge in [0.05, 0.1) is 47.5 Å². The van der Waals surface area contributed by atoms with Crippen molar-refractivity contribution in [3.8, 4) is 21.2 Å². The van der Waals surface area contributed by atoms with Gasteiger partial charge in [0.2, 0.25) is 23.6 Å². The van der Waals surface area contributed by atoms with E-state index >= 15 is 0 Å². The van der Waals surface area contributed by atoms with Crippen molar-refractivity contribution in [3.63, 3.8) is 0 Å². The highest BCUT2D eigenvalue weighted by molar-refractivity contribution is 7.15. The molecule has 1 fully saturated rings. The summed E-state index contributed by atoms with van der Waals surface area (Å²) in [6.07, 6.45) is -0.348. The fourth-order valence-electron chi connectivity index (χ4n) is 8.68. The number of β-amino-alcohol motifs (C(OH)–C–C–N with tert-alkyl or cyclic N) is 1. The number of carbonyl (C=O) groups is 4. The van der Waals surface area contributed by atoms with Gasteiger partial charge in [-0.05, 0) is 74.1 Å². The van der Waals surface area contributed by atoms with E-state index in [9.17, 15) is 24.3 Å². The number of halogens is 1. The SMILES string of the molecule is Cc1ncsc1-c1ccc(CNC(=O)[C@@H]2C[C@@H](O)CN2C(=O)C(NC(=O)COCCCOc2cccc(NC(=O)C[C@@H]3N=C(c4ccc(Cl)cc4)c4c(sc(C)c4C)-n4c(C)nnc43)c2)C(C)(C)C)cc1. The lowest BCUT2D eigenvalue weighted by atomic mass is 9.85. The summed E-state index contributed by atoms with van der Waals surface area (Å²) >= 11 is 9.48. The second kappa shape index (κ2) is 22.0. The molecule has 71 heavy (non-hydrogen) atoms. The largest absolute Gasteiger partial charge is 0.493 e. The van der Waals surface area contributed by atoms with Crippen molar-refractivity contribution in [3.05, 3.63) is 128 Å². The minimum atomic E-state index is -0.989. The van der Waals surface area contributed by atoms with Crippen molar-refractivity contribution in [1.29, 1.82) is 0 Å². The maximum Gasteiger partial charge on any atom is 0.246 e. The average molecular weight is 1020 g/mol. The minimum absolute atomic E-state index is 0.00742. The summed E-state index contributed by atoms with van der Waals surface area (Å²) in [7, 11) is 0. The molecule has 4 atom stereocenters. The molecule has 2 aliphatic heterocycles. The van der Waals surface area contributed by atoms with Crippen LogP contribution in [0.1, 0.15) is 90.5 Å². The number of aromatic nitrogens is 4. The quantitative estimate of drug-likeness (QED) is 0.0652. The fraction of sp³-hybridized carbons (Fsp3) is 0.385. The van der Waals surface area contributed by atoms with Gasteiger partial charge in [0, 0.05) is 58.7 Å². The number of nitrogens with one attached hydrogen (secondary N) is 3. The van der Waals surface area contributed by atoms with Crippen LogP contribution in [0.15, 0.2) is 83.3 Å². The van der Waals surface area contributed by atoms with Gasteiger partial charge in [0.15, 0.2) is 5.82 Å². The molecule has 2 aliphatic rings. The zero-order chi connectivity index (χ0) is 50.6. The number of aliphatic hydroxyl groups is 1. The number of aliphatic hydroxyl groups excluding tert-OH is 1. The molecule has 16 nitrogen and oxygen atoms in total. The van der Waals surface area contributed by atoms with Gasteiger partial charge < -0.3 is 35.4 Å². The van der Waals surface area contributed by atoms with Crippen molar-refractivity contribution < 1.29 is 33.8 Å². The summed E-state index contributed by atoms with van der Waals surface area (Å²) < 4.78 is 13.7. The first-order chi connectivity index (χ1) is 33.9. The number of anilines is 1. The van der Waals surface area contributed by atoms with Gasteiger partial charge in [-0.1, -0.05) is 74.8 Å². The fourth-order valence-corrected chi connectivity index (χ4v) is 10.8. The van der Waals surface area contributed by atoms with E-state index in [2.05, 4.69) is 45.0 Å². The van der Waals surface area contributed by atoms with Gasteiger partial charge in [0.25, 0.3) is 0 Å². The highest BCUT2D eigenvalue weighted by atomic mass is 35.5. The minimum Gasteiger partial charge on any atom is -0.493 e. The number of thiophene rings is 1. The van der Waals surface area contributed by atoms with Gasteiger partial charge in [-0.15, -0.1) is 32.9 Å². The number of benzene rings is 3. The van der Waals surface area contributed by atoms with E-state index in [0.29, 0.717) is 34.5 Å². The van der Waals surface area contributed by atoms with E-state index < -0.39 is 41.5 Å². The van der Waals surface area contributed by atoms with E-state index in [0.717, 1.165) is 54.0 Å². The van der Waals surface area contributed by atoms with Crippen LogP contribution in [0.5, 0.6) is 5.75 Å². The third kappa shape index (κ3) is 11.9. The number of hydrogen-bond donors (Lipinski definition) is 4. The third-order valence-electron chi connectivity index (χ3n) is 12.5. The molecule has 8 rings (SSSR count). The maximum atomic E-state index is 14.1. The average Bonchev–Trinajstić information content (AvgIpc) is 4.10. The summed E-state index contributed by atoms with van der Waals surface area (Å²) in [5, 5.41) is 29.8. The zero-order valence-corrected chi connectivity index (χ0v) is 43.1. The Bertz CT molecular complexity index is 2940. The number of fused-ring (bicyclic) bond motifs is 3. The van der Waals surface area contributed by atoms with Crippen LogP contribution in [0.3, 0.4) is 0 Å². The molecular formula is C52H58ClN9O7S2. The number of aryl methyl sites for hydroxylation is 3. The molecule has 3 aromatic carbocycles. The molecule has 1 unspecified atom stereocenters. The number of carbonyl (C=O) groups excluding carboxylic acids is 4. The highest BCUT2D eigenvalue weighted by Gasteiger charge is 2.44. The predicted molar refractivity (Wildman–Crippen MR) is 276 cm³/mol. The first kappa shape index (κ1) is 51.1. The predicted octanol–water partition coefficient (Wildman–Crippen LogP) is 7.85. The Hall–Kier alpha value is -6.31. The Kier molecular flexibility index (Phi) is 15.8. The van der Waals surface area contributed by atoms with Crippen molar-refractivity contribution >= 4 is 69.3 Å². The van der Waals surface area contributed by atoms with E-state index in [4.69, 9.17) is 26.1 Å². The number of amides is 4. The summed E-state index contributed by atoms with van der Waals surface area (Å²) in [5.74, 6) is 0.222. The second-order valence-corrected chi connectivity index (χ2v) is 21.4. The Morgan fingerprint density at radius 2 is 1.69 bits per heavy atom. The van der Waals surface area contributed by atoms with Crippen LogP contribution in [-0.4, -0.2) is 104 Å². The van der Waals surface area contributed by atoms with Crippen molar-refractivity contribution in [2.45, 2.75) is 98.5 Å². The van der Waals surface area contributed by atoms with E-state index in [-0.39, 0.29) is 57.6 Å². The van der Waals surface area contributed by atoms with Crippen molar-refractivity contribution in [2.24, 2.45) is 10.4 Å². The number of hydrogen-bond acceptors (Lipinski definition) is 13. The molecule has 19 heteroatoms. The molecule has 5 heterocycles. The Morgan fingerprint density at radius 3 is 2.41 bits per heavy atom. The van der Waals surface area contributed by atoms with Gasteiger partial charge in [-0.2, -0.15) is 0 Å². The van der Waals surface area contributed by atoms with Crippen molar-refractivity contribution in [2.75, 3.05) is 31.7 Å². The number of aliphatic imine (C=N–C) groups is 1. The molecule has 1 saturated heterocycles. The zero-order valence-electron chi connectivity index (χ0n) is 40.7. The molecule has 0 aliphatic carbocycles. The van der Waals surface area contributed by atoms with Gasteiger partial charge >= 0.3 is 0 Å². The summed E-state index contributed by atoms with van der Waals surface area (Å²) in [4.78, 5) is 67.6. The van der Waals surface area contributed by atoms with Gasteiger partial charge in [-0.3, -0.25) is 28.7 Å². The van der Waals surface area contributed by atoms with Crippen LogP contribution in [0, 0.1) is 33.1 Å². The summed E-state index contributed by atoms with van der Waals surface area (Å²) in [6, 6.07) is 20.0. The van der Waals surface area contributed by atoms with Crippen LogP contribution in [0.4, 0.5) is 5.69 Å². The van der Waals surface area contributed by atoms with Crippen LogP contribution < -0.4 is 20.7 Å². The Balaban J connectivity index is 0.805. The number of likely N-dealkylation sites (tertiary alicyclic amines) is 1. The molecule has 3 aromatic heterocycles. The van der Waals surface area contributed by atoms with Crippen molar-refractivity contribution in [1.82, 2.24) is 35.3 Å². The van der Waals surface area contributed by atoms with Crippen LogP contribution in [-0.2, 0) is 30.5 Å². The first-order valence-corrected chi connectivity index (χ1v) is 25.5. The molecular weight excluding hydrogens is 962 g/mol. The Morgan fingerprint density at radius 1 is 0.944 bits per heavy atom. The number of nitrogens with zero attached hydrogens (tertiary/aromatic N) is 6. The van der Waals surface area contributed by atoms with Crippen LogP contribution >= 0.6 is 34.3 Å². The molecule has 372 valence electrons. The normalized spacial score (nSPS) is 16.9. The topological polar surface area (TPSA) is 202 Å². The highest BCUT2D eigenvalue weighted by Crippen LogP contribution is 2.40. The number of ether oxygens (including phenoxy) is 2. The molecule has 4 amide bonds. The van der Waals surface area contributed by atoms with Gasteiger partial charge in [-0.25, -0.2) is 4.98 Å².